The van der Waals surface area contributed by atoms with Gasteiger partial charge in [0.15, 0.2) is 0 Å². The first-order chi connectivity index (χ1) is 13.0. The summed E-state index contributed by atoms with van der Waals surface area (Å²) >= 11 is 0. The van der Waals surface area contributed by atoms with E-state index in [-0.39, 0.29) is 5.56 Å². The second-order valence-corrected chi connectivity index (χ2v) is 6.95. The van der Waals surface area contributed by atoms with Gasteiger partial charge < -0.3 is 5.32 Å². The van der Waals surface area contributed by atoms with Crippen LogP contribution in [0.3, 0.4) is 0 Å². The first kappa shape index (κ1) is 17.3. The van der Waals surface area contributed by atoms with Crippen LogP contribution in [0.5, 0.6) is 0 Å². The van der Waals surface area contributed by atoms with Crippen molar-refractivity contribution in [1.82, 2.24) is 14.5 Å². The standard InChI is InChI=1S/C21H22N4O2/c1-14-7-6-10-18(15(14)2)25-19-17(20(26)23-21(25)27)12-24(13-22-19)11-16-8-4-3-5-9-16/h3-10,22H,11-13H2,1-2H3,(H,23,26,27). The highest BCUT2D eigenvalue weighted by atomic mass is 16.2. The zero-order valence-corrected chi connectivity index (χ0v) is 15.5. The molecule has 2 N–H and O–H groups in total. The van der Waals surface area contributed by atoms with E-state index in [2.05, 4.69) is 27.3 Å². The number of hydrogen-bond acceptors (Lipinski definition) is 4. The summed E-state index contributed by atoms with van der Waals surface area (Å²) in [4.78, 5) is 29.7. The van der Waals surface area contributed by atoms with Crippen LogP contribution in [0.2, 0.25) is 0 Å². The van der Waals surface area contributed by atoms with Gasteiger partial charge in [0.05, 0.1) is 17.9 Å². The molecule has 0 radical (unpaired) electrons. The topological polar surface area (TPSA) is 70.1 Å². The molecule has 6 nitrogen and oxygen atoms in total. The summed E-state index contributed by atoms with van der Waals surface area (Å²) in [6.07, 6.45) is 0. The van der Waals surface area contributed by atoms with Gasteiger partial charge in [0.1, 0.15) is 5.82 Å². The molecule has 27 heavy (non-hydrogen) atoms. The Kier molecular flexibility index (Phi) is 4.41. The number of aromatic amines is 1. The molecule has 2 aromatic carbocycles. The van der Waals surface area contributed by atoms with E-state index < -0.39 is 5.69 Å². The highest BCUT2D eigenvalue weighted by Gasteiger charge is 2.24. The first-order valence-corrected chi connectivity index (χ1v) is 8.99. The lowest BCUT2D eigenvalue weighted by atomic mass is 10.1. The summed E-state index contributed by atoms with van der Waals surface area (Å²) in [6.45, 7) is 5.78. The molecule has 2 heterocycles. The van der Waals surface area contributed by atoms with Crippen molar-refractivity contribution < 1.29 is 0 Å². The summed E-state index contributed by atoms with van der Waals surface area (Å²) in [7, 11) is 0. The number of hydrogen-bond donors (Lipinski definition) is 2. The largest absolute Gasteiger partial charge is 0.358 e. The number of anilines is 1. The highest BCUT2D eigenvalue weighted by Crippen LogP contribution is 2.24. The van der Waals surface area contributed by atoms with Gasteiger partial charge in [-0.2, -0.15) is 0 Å². The fourth-order valence-electron chi connectivity index (χ4n) is 3.53. The molecular weight excluding hydrogens is 340 g/mol. The van der Waals surface area contributed by atoms with E-state index in [4.69, 9.17) is 0 Å². The van der Waals surface area contributed by atoms with Crippen molar-refractivity contribution in [2.24, 2.45) is 0 Å². The molecular formula is C21H22N4O2. The lowest BCUT2D eigenvalue weighted by molar-refractivity contribution is 0.263. The Morgan fingerprint density at radius 2 is 1.78 bits per heavy atom. The van der Waals surface area contributed by atoms with Crippen LogP contribution in [0.15, 0.2) is 58.1 Å². The third-order valence-electron chi connectivity index (χ3n) is 5.12. The SMILES string of the molecule is Cc1cccc(-n2c3c(c(=O)[nH]c2=O)CN(Cc2ccccc2)CN3)c1C. The minimum absolute atomic E-state index is 0.332. The molecule has 1 aliphatic heterocycles. The number of aryl methyl sites for hydroxylation is 1. The third-order valence-corrected chi connectivity index (χ3v) is 5.12. The number of benzene rings is 2. The molecule has 1 aromatic heterocycles. The predicted octanol–water partition coefficient (Wildman–Crippen LogP) is 2.53. The van der Waals surface area contributed by atoms with Crippen molar-refractivity contribution in [1.29, 1.82) is 0 Å². The van der Waals surface area contributed by atoms with Gasteiger partial charge in [0.2, 0.25) is 0 Å². The molecule has 0 spiro atoms. The molecule has 0 aliphatic carbocycles. The maximum atomic E-state index is 12.6. The Labute approximate surface area is 157 Å². The van der Waals surface area contributed by atoms with Crippen LogP contribution in [0, 0.1) is 13.8 Å². The summed E-state index contributed by atoms with van der Waals surface area (Å²) in [5.74, 6) is 0.585. The van der Waals surface area contributed by atoms with E-state index in [9.17, 15) is 9.59 Å². The van der Waals surface area contributed by atoms with Crippen LogP contribution in [0.25, 0.3) is 5.69 Å². The molecule has 4 rings (SSSR count). The molecule has 0 atom stereocenters. The summed E-state index contributed by atoms with van der Waals surface area (Å²) in [6, 6.07) is 16.0. The van der Waals surface area contributed by atoms with E-state index in [1.165, 1.54) is 5.56 Å². The van der Waals surface area contributed by atoms with Crippen LogP contribution in [0.4, 0.5) is 5.82 Å². The zero-order chi connectivity index (χ0) is 19.0. The van der Waals surface area contributed by atoms with Crippen molar-refractivity contribution in [3.8, 4) is 5.69 Å². The molecule has 138 valence electrons. The van der Waals surface area contributed by atoms with E-state index in [1.54, 1.807) is 4.57 Å². The van der Waals surface area contributed by atoms with E-state index in [1.807, 2.05) is 50.2 Å². The van der Waals surface area contributed by atoms with Gasteiger partial charge >= 0.3 is 5.69 Å². The predicted molar refractivity (Wildman–Crippen MR) is 106 cm³/mol. The van der Waals surface area contributed by atoms with Crippen LogP contribution >= 0.6 is 0 Å². The Hall–Kier alpha value is -3.12. The molecule has 3 aromatic rings. The second kappa shape index (κ2) is 6.89. The van der Waals surface area contributed by atoms with Crippen LogP contribution < -0.4 is 16.6 Å². The molecule has 0 saturated carbocycles. The normalized spacial score (nSPS) is 13.9. The van der Waals surface area contributed by atoms with Crippen LogP contribution in [-0.4, -0.2) is 21.1 Å². The van der Waals surface area contributed by atoms with Gasteiger partial charge in [-0.05, 0) is 36.6 Å². The van der Waals surface area contributed by atoms with Gasteiger partial charge in [0.25, 0.3) is 5.56 Å². The van der Waals surface area contributed by atoms with Gasteiger partial charge in [-0.25, -0.2) is 9.36 Å². The van der Waals surface area contributed by atoms with E-state index >= 15 is 0 Å². The van der Waals surface area contributed by atoms with Crippen molar-refractivity contribution in [3.63, 3.8) is 0 Å². The first-order valence-electron chi connectivity index (χ1n) is 8.99. The smallest absolute Gasteiger partial charge is 0.334 e. The van der Waals surface area contributed by atoms with E-state index in [0.717, 1.165) is 23.4 Å². The number of aromatic nitrogens is 2. The van der Waals surface area contributed by atoms with Gasteiger partial charge in [0, 0.05) is 13.1 Å². The van der Waals surface area contributed by atoms with Crippen LogP contribution in [0.1, 0.15) is 22.3 Å². The lowest BCUT2D eigenvalue weighted by Crippen LogP contribution is -2.42. The summed E-state index contributed by atoms with van der Waals surface area (Å²) in [5, 5.41) is 3.30. The van der Waals surface area contributed by atoms with Gasteiger partial charge in [-0.15, -0.1) is 0 Å². The number of nitrogens with one attached hydrogen (secondary N) is 2. The lowest BCUT2D eigenvalue weighted by Gasteiger charge is -2.31. The fourth-order valence-corrected chi connectivity index (χ4v) is 3.53. The highest BCUT2D eigenvalue weighted by molar-refractivity contribution is 5.55. The molecule has 0 fully saturated rings. The Morgan fingerprint density at radius 3 is 2.56 bits per heavy atom. The molecule has 6 heteroatoms. The average Bonchev–Trinajstić information content (AvgIpc) is 2.66. The van der Waals surface area contributed by atoms with Gasteiger partial charge in [-0.3, -0.25) is 14.7 Å². The second-order valence-electron chi connectivity index (χ2n) is 6.95. The number of H-pyrrole nitrogens is 1. The van der Waals surface area contributed by atoms with Crippen molar-refractivity contribution in [2.45, 2.75) is 26.9 Å². The Morgan fingerprint density at radius 1 is 1.00 bits per heavy atom. The Bertz CT molecular complexity index is 1100. The molecule has 0 bridgehead atoms. The summed E-state index contributed by atoms with van der Waals surface area (Å²) in [5.41, 5.74) is 3.91. The Balaban J connectivity index is 1.76. The number of rotatable bonds is 3. The monoisotopic (exact) mass is 362 g/mol. The quantitative estimate of drug-likeness (QED) is 0.751. The molecule has 1 aliphatic rings. The fraction of sp³-hybridized carbons (Fsp3) is 0.238. The molecule has 0 unspecified atom stereocenters. The zero-order valence-electron chi connectivity index (χ0n) is 15.5. The maximum absolute atomic E-state index is 12.6. The minimum Gasteiger partial charge on any atom is -0.358 e. The van der Waals surface area contributed by atoms with Crippen molar-refractivity contribution in [3.05, 3.63) is 91.6 Å². The number of nitrogens with zero attached hydrogens (tertiary/aromatic N) is 2. The van der Waals surface area contributed by atoms with Crippen molar-refractivity contribution in [2.75, 3.05) is 12.0 Å². The van der Waals surface area contributed by atoms with Crippen LogP contribution in [-0.2, 0) is 13.1 Å². The van der Waals surface area contributed by atoms with E-state index in [0.29, 0.717) is 24.6 Å². The third kappa shape index (κ3) is 3.19. The maximum Gasteiger partial charge on any atom is 0.334 e. The molecule has 0 amide bonds. The molecule has 0 saturated heterocycles. The summed E-state index contributed by atoms with van der Waals surface area (Å²) < 4.78 is 1.58. The minimum atomic E-state index is -0.420. The van der Waals surface area contributed by atoms with Crippen molar-refractivity contribution >= 4 is 5.82 Å². The average molecular weight is 362 g/mol. The van der Waals surface area contributed by atoms with Gasteiger partial charge in [-0.1, -0.05) is 42.5 Å². The number of fused-ring (bicyclic) bond motifs is 1.